The number of aliphatic hydroxyl groups is 2. The van der Waals surface area contributed by atoms with Gasteiger partial charge in [0.25, 0.3) is 0 Å². The lowest BCUT2D eigenvalue weighted by atomic mass is 9.91. The molecule has 7 rings (SSSR count). The Morgan fingerprint density at radius 2 is 1.37 bits per heavy atom. The lowest BCUT2D eigenvalue weighted by molar-refractivity contribution is -0.193. The number of aliphatic carboxylic acids is 2. The highest BCUT2D eigenvalue weighted by molar-refractivity contribution is 5.84. The number of carbonyl (C=O) groups is 2. The van der Waals surface area contributed by atoms with E-state index in [1.165, 1.54) is 11.1 Å². The number of imidazole rings is 1. The predicted octanol–water partition coefficient (Wildman–Crippen LogP) is 5.43. The van der Waals surface area contributed by atoms with Crippen LogP contribution in [0.2, 0.25) is 0 Å². The molecule has 21 heteroatoms. The van der Waals surface area contributed by atoms with Crippen LogP contribution in [0.15, 0.2) is 79.4 Å². The molecule has 2 aromatic carbocycles. The van der Waals surface area contributed by atoms with Crippen LogP contribution in [0.1, 0.15) is 66.8 Å². The standard InChI is InChI=1S/C34H41N9O2.2C2HF3O2/c1-21-17-38-43(19-21)28-16-27(30(44)31(28)45)42-20-37-29-32(40-34(41-33(29)42)39-25-14-12-24(35)13-15-25)36-18-26(22-8-4-2-5-9-22)23-10-6-3-7-11-23;2*3-2(4,5)1(6)7/h2-11,17,19-20,24-28,30-31,44-45H,12-16,18,35H2,1H3,(H2,36,39,40,41);2*(H,6,7)/t24?,25?,27-,28+,30+,31-;;/m1../s1. The van der Waals surface area contributed by atoms with Gasteiger partial charge in [0.15, 0.2) is 17.0 Å². The minimum atomic E-state index is -5.08. The third kappa shape index (κ3) is 11.4. The van der Waals surface area contributed by atoms with E-state index < -0.39 is 42.5 Å². The van der Waals surface area contributed by atoms with Gasteiger partial charge in [-0.15, -0.1) is 0 Å². The number of alkyl halides is 6. The molecule has 15 nitrogen and oxygen atoms in total. The van der Waals surface area contributed by atoms with Crippen LogP contribution in [0.4, 0.5) is 38.1 Å². The number of halogens is 6. The molecule has 0 radical (unpaired) electrons. The fourth-order valence-corrected chi connectivity index (χ4v) is 6.93. The SMILES string of the molecule is Cc1cnn([C@H]2C[C@@H](n3cnc4c(NCC(c5ccccc5)c5ccccc5)nc(NC5CCC(N)CC5)nc43)[C@H](O)[C@@H]2O)c1.O=C(O)C(F)(F)F.O=C(O)C(F)(F)F. The van der Waals surface area contributed by atoms with Crippen molar-refractivity contribution in [3.8, 4) is 0 Å². The molecule has 5 aromatic rings. The van der Waals surface area contributed by atoms with Gasteiger partial charge in [0, 0.05) is 30.7 Å². The lowest BCUT2D eigenvalue weighted by Gasteiger charge is -2.27. The number of hydrogen-bond donors (Lipinski definition) is 7. The fraction of sp³-hybridized carbons (Fsp3) is 0.421. The molecule has 0 saturated heterocycles. The maximum absolute atomic E-state index is 11.3. The highest BCUT2D eigenvalue weighted by Crippen LogP contribution is 2.40. The second kappa shape index (κ2) is 18.9. The van der Waals surface area contributed by atoms with E-state index in [4.69, 9.17) is 40.5 Å². The maximum Gasteiger partial charge on any atom is 0.490 e. The zero-order valence-electron chi connectivity index (χ0n) is 31.4. The van der Waals surface area contributed by atoms with E-state index in [1.54, 1.807) is 17.2 Å². The average Bonchev–Trinajstić information content (AvgIpc) is 3.90. The summed E-state index contributed by atoms with van der Waals surface area (Å²) in [4.78, 5) is 32.4. The molecule has 0 spiro atoms. The molecule has 2 saturated carbocycles. The van der Waals surface area contributed by atoms with Crippen LogP contribution in [-0.4, -0.2) is 105 Å². The second-order valence-corrected chi connectivity index (χ2v) is 14.2. The predicted molar refractivity (Wildman–Crippen MR) is 201 cm³/mol. The smallest absolute Gasteiger partial charge is 0.475 e. The number of aromatic nitrogens is 6. The van der Waals surface area contributed by atoms with Crippen molar-refractivity contribution in [2.24, 2.45) is 5.73 Å². The van der Waals surface area contributed by atoms with Crippen LogP contribution < -0.4 is 16.4 Å². The van der Waals surface area contributed by atoms with Crippen molar-refractivity contribution in [3.63, 3.8) is 0 Å². The summed E-state index contributed by atoms with van der Waals surface area (Å²) >= 11 is 0. The molecular weight excluding hydrogens is 792 g/mol. The molecule has 59 heavy (non-hydrogen) atoms. The Kier molecular flexibility index (Phi) is 14.2. The lowest BCUT2D eigenvalue weighted by Crippen LogP contribution is -2.33. The van der Waals surface area contributed by atoms with E-state index in [0.29, 0.717) is 35.9 Å². The van der Waals surface area contributed by atoms with E-state index in [2.05, 4.69) is 64.3 Å². The van der Waals surface area contributed by atoms with Crippen LogP contribution in [0, 0.1) is 6.92 Å². The zero-order chi connectivity index (χ0) is 43.1. The Balaban J connectivity index is 0.000000407. The van der Waals surface area contributed by atoms with Crippen molar-refractivity contribution in [2.45, 2.75) is 93.7 Å². The highest BCUT2D eigenvalue weighted by Gasteiger charge is 2.45. The van der Waals surface area contributed by atoms with Gasteiger partial charge in [0.1, 0.15) is 12.2 Å². The van der Waals surface area contributed by atoms with Crippen LogP contribution in [0.5, 0.6) is 0 Å². The first-order chi connectivity index (χ1) is 27.8. The van der Waals surface area contributed by atoms with Gasteiger partial charge in [0.05, 0.1) is 24.6 Å². The summed E-state index contributed by atoms with van der Waals surface area (Å²) in [5.41, 5.74) is 10.8. The Hall–Kier alpha value is -5.80. The van der Waals surface area contributed by atoms with Crippen LogP contribution in [0.3, 0.4) is 0 Å². The van der Waals surface area contributed by atoms with Gasteiger partial charge in [-0.05, 0) is 55.7 Å². The van der Waals surface area contributed by atoms with Gasteiger partial charge in [-0.25, -0.2) is 14.6 Å². The van der Waals surface area contributed by atoms with Crippen molar-refractivity contribution in [3.05, 3.63) is 96.1 Å². The zero-order valence-corrected chi connectivity index (χ0v) is 31.4. The molecule has 4 atom stereocenters. The van der Waals surface area contributed by atoms with Crippen molar-refractivity contribution >= 4 is 34.9 Å². The number of aryl methyl sites for hydroxylation is 1. The van der Waals surface area contributed by atoms with E-state index in [-0.39, 0.29) is 24.0 Å². The number of nitrogens with one attached hydrogen (secondary N) is 2. The number of fused-ring (bicyclic) bond motifs is 1. The van der Waals surface area contributed by atoms with E-state index in [0.717, 1.165) is 31.2 Å². The largest absolute Gasteiger partial charge is 0.490 e. The van der Waals surface area contributed by atoms with Crippen molar-refractivity contribution in [2.75, 3.05) is 17.2 Å². The summed E-state index contributed by atoms with van der Waals surface area (Å²) in [5.74, 6) is -4.30. The summed E-state index contributed by atoms with van der Waals surface area (Å²) in [7, 11) is 0. The van der Waals surface area contributed by atoms with Crippen LogP contribution >= 0.6 is 0 Å². The average molecular weight is 836 g/mol. The fourth-order valence-electron chi connectivity index (χ4n) is 6.93. The van der Waals surface area contributed by atoms with Crippen molar-refractivity contribution < 1.29 is 56.4 Å². The number of carboxylic acid groups (broad SMARTS) is 2. The first kappa shape index (κ1) is 44.3. The molecular formula is C38H43F6N9O6. The summed E-state index contributed by atoms with van der Waals surface area (Å²) in [6, 6.07) is 20.6. The first-order valence-corrected chi connectivity index (χ1v) is 18.4. The monoisotopic (exact) mass is 835 g/mol. The number of anilines is 2. The van der Waals surface area contributed by atoms with Gasteiger partial charge in [-0.1, -0.05) is 60.7 Å². The molecule has 0 amide bonds. The number of nitrogens with zero attached hydrogens (tertiary/aromatic N) is 6. The third-order valence-corrected chi connectivity index (χ3v) is 9.94. The molecule has 0 unspecified atom stereocenters. The Bertz CT molecular complexity index is 2080. The van der Waals surface area contributed by atoms with Gasteiger partial charge in [0.2, 0.25) is 5.95 Å². The highest BCUT2D eigenvalue weighted by atomic mass is 19.4. The Morgan fingerprint density at radius 1 is 0.847 bits per heavy atom. The summed E-state index contributed by atoms with van der Waals surface area (Å²) in [6.07, 6.45) is -2.50. The number of benzene rings is 2. The number of hydrogen-bond acceptors (Lipinski definition) is 11. The van der Waals surface area contributed by atoms with Crippen molar-refractivity contribution in [1.29, 1.82) is 0 Å². The summed E-state index contributed by atoms with van der Waals surface area (Å²) < 4.78 is 67.1. The van der Waals surface area contributed by atoms with Gasteiger partial charge in [-0.3, -0.25) is 4.68 Å². The first-order valence-electron chi connectivity index (χ1n) is 18.4. The number of rotatable bonds is 9. The van der Waals surface area contributed by atoms with E-state index in [9.17, 15) is 36.6 Å². The summed E-state index contributed by atoms with van der Waals surface area (Å²) in [5, 5.41) is 48.2. The number of aliphatic hydroxyl groups excluding tert-OH is 2. The van der Waals surface area contributed by atoms with Gasteiger partial charge >= 0.3 is 24.3 Å². The molecule has 0 aliphatic heterocycles. The summed E-state index contributed by atoms with van der Waals surface area (Å²) in [6.45, 7) is 2.55. The quantitative estimate of drug-likeness (QED) is 0.0921. The number of carboxylic acids is 2. The Morgan fingerprint density at radius 3 is 1.86 bits per heavy atom. The molecule has 0 bridgehead atoms. The minimum Gasteiger partial charge on any atom is -0.475 e. The van der Waals surface area contributed by atoms with Gasteiger partial charge in [-0.2, -0.15) is 41.4 Å². The van der Waals surface area contributed by atoms with Crippen LogP contribution in [0.25, 0.3) is 11.2 Å². The molecule has 2 fully saturated rings. The van der Waals surface area contributed by atoms with Gasteiger partial charge < -0.3 is 41.4 Å². The topological polar surface area (TPSA) is 227 Å². The van der Waals surface area contributed by atoms with E-state index >= 15 is 0 Å². The molecule has 8 N–H and O–H groups in total. The number of nitrogens with two attached hydrogens (primary N) is 1. The minimum absolute atomic E-state index is 0.0841. The van der Waals surface area contributed by atoms with Crippen molar-refractivity contribution in [1.82, 2.24) is 29.3 Å². The molecule has 318 valence electrons. The van der Waals surface area contributed by atoms with E-state index in [1.807, 2.05) is 29.8 Å². The Labute approximate surface area is 332 Å². The normalized spacial score (nSPS) is 21.9. The maximum atomic E-state index is 11.3. The molecule has 2 aliphatic carbocycles. The van der Waals surface area contributed by atoms with Crippen LogP contribution in [-0.2, 0) is 9.59 Å². The molecule has 3 heterocycles. The second-order valence-electron chi connectivity index (χ2n) is 14.2. The molecule has 2 aliphatic rings. The molecule has 3 aromatic heterocycles. The third-order valence-electron chi connectivity index (χ3n) is 9.94.